The second kappa shape index (κ2) is 8.95. The molecular formula is C24H28N2O3. The first-order valence-electron chi connectivity index (χ1n) is 10.0. The molecule has 152 valence electrons. The molecule has 5 heteroatoms. The Morgan fingerprint density at radius 3 is 2.55 bits per heavy atom. The molecule has 5 nitrogen and oxygen atoms in total. The van der Waals surface area contributed by atoms with Gasteiger partial charge in [0.2, 0.25) is 11.8 Å². The lowest BCUT2D eigenvalue weighted by molar-refractivity contribution is -0.123. The predicted octanol–water partition coefficient (Wildman–Crippen LogP) is 4.72. The summed E-state index contributed by atoms with van der Waals surface area (Å²) in [4.78, 5) is 24.6. The van der Waals surface area contributed by atoms with Crippen LogP contribution in [0.4, 0.5) is 5.69 Å². The molecule has 1 heterocycles. The molecule has 0 radical (unpaired) electrons. The number of fused-ring (bicyclic) bond motifs is 1. The standard InChI is InChI=1S/C24H28N2O3/c1-5-17-8-6-7-9-21(17)26-24(28)13-25-23(27)11-18-14-29-22-10-16(4)19(15(2)3)12-20(18)22/h6-10,12,14-15H,5,11,13H2,1-4H3,(H,25,27)(H,26,28). The quantitative estimate of drug-likeness (QED) is 0.611. The fourth-order valence-corrected chi connectivity index (χ4v) is 3.56. The van der Waals surface area contributed by atoms with Crippen molar-refractivity contribution >= 4 is 28.5 Å². The summed E-state index contributed by atoms with van der Waals surface area (Å²) in [5, 5.41) is 6.51. The Kier molecular flexibility index (Phi) is 6.37. The smallest absolute Gasteiger partial charge is 0.243 e. The lowest BCUT2D eigenvalue weighted by Crippen LogP contribution is -2.33. The number of amides is 2. The summed E-state index contributed by atoms with van der Waals surface area (Å²) < 4.78 is 5.64. The molecule has 1 aromatic heterocycles. The van der Waals surface area contributed by atoms with Gasteiger partial charge in [0, 0.05) is 16.6 Å². The van der Waals surface area contributed by atoms with E-state index in [1.165, 1.54) is 11.1 Å². The van der Waals surface area contributed by atoms with Gasteiger partial charge in [0.1, 0.15) is 5.58 Å². The van der Waals surface area contributed by atoms with E-state index >= 15 is 0 Å². The van der Waals surface area contributed by atoms with Gasteiger partial charge < -0.3 is 15.1 Å². The van der Waals surface area contributed by atoms with Crippen molar-refractivity contribution in [1.82, 2.24) is 5.32 Å². The molecule has 0 unspecified atom stereocenters. The van der Waals surface area contributed by atoms with Gasteiger partial charge in [0.05, 0.1) is 19.2 Å². The van der Waals surface area contributed by atoms with Gasteiger partial charge in [-0.1, -0.05) is 39.0 Å². The summed E-state index contributed by atoms with van der Waals surface area (Å²) in [6.07, 6.45) is 2.63. The van der Waals surface area contributed by atoms with E-state index in [9.17, 15) is 9.59 Å². The monoisotopic (exact) mass is 392 g/mol. The zero-order valence-electron chi connectivity index (χ0n) is 17.5. The molecule has 0 bridgehead atoms. The largest absolute Gasteiger partial charge is 0.464 e. The molecule has 0 saturated heterocycles. The number of furan rings is 1. The summed E-state index contributed by atoms with van der Waals surface area (Å²) in [6.45, 7) is 8.34. The molecule has 2 amide bonds. The zero-order chi connectivity index (χ0) is 21.0. The highest BCUT2D eigenvalue weighted by molar-refractivity contribution is 5.96. The number of hydrogen-bond donors (Lipinski definition) is 2. The van der Waals surface area contributed by atoms with Gasteiger partial charge in [-0.25, -0.2) is 0 Å². The van der Waals surface area contributed by atoms with E-state index in [4.69, 9.17) is 4.42 Å². The lowest BCUT2D eigenvalue weighted by Gasteiger charge is -2.11. The van der Waals surface area contributed by atoms with Gasteiger partial charge in [0.15, 0.2) is 0 Å². The van der Waals surface area contributed by atoms with Gasteiger partial charge in [-0.2, -0.15) is 0 Å². The molecule has 2 N–H and O–H groups in total. The maximum Gasteiger partial charge on any atom is 0.243 e. The van der Waals surface area contributed by atoms with Crippen LogP contribution in [0.1, 0.15) is 48.9 Å². The van der Waals surface area contributed by atoms with Crippen LogP contribution in [0.25, 0.3) is 11.0 Å². The van der Waals surface area contributed by atoms with E-state index in [0.717, 1.165) is 34.2 Å². The number of para-hydroxylation sites is 1. The van der Waals surface area contributed by atoms with Crippen LogP contribution in [0.2, 0.25) is 0 Å². The van der Waals surface area contributed by atoms with Crippen molar-refractivity contribution in [2.75, 3.05) is 11.9 Å². The van der Waals surface area contributed by atoms with Crippen molar-refractivity contribution in [1.29, 1.82) is 0 Å². The minimum absolute atomic E-state index is 0.0665. The second-order valence-electron chi connectivity index (χ2n) is 7.63. The van der Waals surface area contributed by atoms with Crippen LogP contribution in [-0.2, 0) is 22.4 Å². The molecular weight excluding hydrogens is 364 g/mol. The second-order valence-corrected chi connectivity index (χ2v) is 7.63. The Balaban J connectivity index is 1.62. The first-order valence-corrected chi connectivity index (χ1v) is 10.0. The SMILES string of the molecule is CCc1ccccc1NC(=O)CNC(=O)Cc1coc2cc(C)c(C(C)C)cc12. The fraction of sp³-hybridized carbons (Fsp3) is 0.333. The number of nitrogens with one attached hydrogen (secondary N) is 2. The molecule has 0 aliphatic rings. The van der Waals surface area contributed by atoms with Crippen LogP contribution in [0.15, 0.2) is 47.1 Å². The Labute approximate surface area is 171 Å². The van der Waals surface area contributed by atoms with E-state index in [1.807, 2.05) is 37.3 Å². The predicted molar refractivity (Wildman–Crippen MR) is 116 cm³/mol. The highest BCUT2D eigenvalue weighted by atomic mass is 16.3. The number of hydrogen-bond acceptors (Lipinski definition) is 3. The molecule has 0 aliphatic heterocycles. The summed E-state index contributed by atoms with van der Waals surface area (Å²) >= 11 is 0. The van der Waals surface area contributed by atoms with Crippen LogP contribution in [-0.4, -0.2) is 18.4 Å². The average molecular weight is 392 g/mol. The van der Waals surface area contributed by atoms with Crippen LogP contribution in [0.5, 0.6) is 0 Å². The van der Waals surface area contributed by atoms with E-state index in [2.05, 4.69) is 37.5 Å². The maximum absolute atomic E-state index is 12.4. The van der Waals surface area contributed by atoms with Crippen molar-refractivity contribution in [3.05, 3.63) is 64.9 Å². The van der Waals surface area contributed by atoms with Crippen molar-refractivity contribution in [2.24, 2.45) is 0 Å². The molecule has 2 aromatic carbocycles. The number of aryl methyl sites for hydroxylation is 2. The van der Waals surface area contributed by atoms with Crippen LogP contribution in [0, 0.1) is 6.92 Å². The first-order chi connectivity index (χ1) is 13.9. The Hall–Kier alpha value is -3.08. The average Bonchev–Trinajstić information content (AvgIpc) is 3.07. The fourth-order valence-electron chi connectivity index (χ4n) is 3.56. The zero-order valence-corrected chi connectivity index (χ0v) is 17.5. The highest BCUT2D eigenvalue weighted by Gasteiger charge is 2.15. The number of carbonyl (C=O) groups is 2. The van der Waals surface area contributed by atoms with Crippen LogP contribution >= 0.6 is 0 Å². The molecule has 3 rings (SSSR count). The van der Waals surface area contributed by atoms with E-state index < -0.39 is 0 Å². The number of carbonyl (C=O) groups excluding carboxylic acids is 2. The number of rotatable bonds is 7. The van der Waals surface area contributed by atoms with Crippen LogP contribution < -0.4 is 10.6 Å². The Morgan fingerprint density at radius 2 is 1.83 bits per heavy atom. The summed E-state index contributed by atoms with van der Waals surface area (Å²) in [6, 6.07) is 11.8. The molecule has 29 heavy (non-hydrogen) atoms. The third-order valence-electron chi connectivity index (χ3n) is 5.13. The lowest BCUT2D eigenvalue weighted by atomic mass is 9.95. The van der Waals surface area contributed by atoms with E-state index in [0.29, 0.717) is 5.92 Å². The van der Waals surface area contributed by atoms with Crippen molar-refractivity contribution in [2.45, 2.75) is 46.5 Å². The summed E-state index contributed by atoms with van der Waals surface area (Å²) in [7, 11) is 0. The molecule has 3 aromatic rings. The summed E-state index contributed by atoms with van der Waals surface area (Å²) in [5.74, 6) is -0.0574. The minimum Gasteiger partial charge on any atom is -0.464 e. The molecule has 0 atom stereocenters. The van der Waals surface area contributed by atoms with Gasteiger partial charge in [0.25, 0.3) is 0 Å². The van der Waals surface area contributed by atoms with E-state index in [1.54, 1.807) is 6.26 Å². The van der Waals surface area contributed by atoms with E-state index in [-0.39, 0.29) is 24.8 Å². The molecule has 0 spiro atoms. The maximum atomic E-state index is 12.4. The highest BCUT2D eigenvalue weighted by Crippen LogP contribution is 2.29. The van der Waals surface area contributed by atoms with Gasteiger partial charge in [-0.15, -0.1) is 0 Å². The van der Waals surface area contributed by atoms with Crippen molar-refractivity contribution in [3.63, 3.8) is 0 Å². The molecule has 0 saturated carbocycles. The third-order valence-corrected chi connectivity index (χ3v) is 5.13. The third kappa shape index (κ3) is 4.86. The van der Waals surface area contributed by atoms with Crippen molar-refractivity contribution < 1.29 is 14.0 Å². The topological polar surface area (TPSA) is 71.3 Å². The number of anilines is 1. The van der Waals surface area contributed by atoms with Gasteiger partial charge in [-0.3, -0.25) is 9.59 Å². The molecule has 0 fully saturated rings. The van der Waals surface area contributed by atoms with Crippen LogP contribution in [0.3, 0.4) is 0 Å². The summed E-state index contributed by atoms with van der Waals surface area (Å²) in [5.41, 5.74) is 5.89. The van der Waals surface area contributed by atoms with Gasteiger partial charge >= 0.3 is 0 Å². The minimum atomic E-state index is -0.242. The molecule has 0 aliphatic carbocycles. The first kappa shape index (κ1) is 20.6. The Bertz CT molecular complexity index is 1030. The normalized spacial score (nSPS) is 11.1. The Morgan fingerprint density at radius 1 is 1.07 bits per heavy atom. The van der Waals surface area contributed by atoms with Crippen molar-refractivity contribution in [3.8, 4) is 0 Å². The van der Waals surface area contributed by atoms with Gasteiger partial charge in [-0.05, 0) is 54.2 Å². The number of benzene rings is 2.